The number of methoxy groups -OCH3 is 4. The van der Waals surface area contributed by atoms with Gasteiger partial charge in [-0.2, -0.15) is 0 Å². The van der Waals surface area contributed by atoms with Crippen molar-refractivity contribution in [2.24, 2.45) is 0 Å². The molecule has 0 fully saturated rings. The fraction of sp³-hybridized carbons (Fsp3) is 0.348. The number of rotatable bonds is 10. The molecule has 0 unspecified atom stereocenters. The fourth-order valence-electron chi connectivity index (χ4n) is 3.03. The van der Waals surface area contributed by atoms with Gasteiger partial charge < -0.3 is 29.0 Å². The van der Waals surface area contributed by atoms with Gasteiger partial charge in [-0.15, -0.1) is 0 Å². The van der Waals surface area contributed by atoms with Gasteiger partial charge in [-0.3, -0.25) is 4.90 Å². The van der Waals surface area contributed by atoms with Crippen molar-refractivity contribution in [3.05, 3.63) is 41.5 Å². The van der Waals surface area contributed by atoms with E-state index in [0.717, 1.165) is 11.1 Å². The SMILES string of the molecule is COc1ccc(C=Cc2cc(OC)c(OC)c(OC)c2)cc1N(CCN(C)C)C(=O)O. The van der Waals surface area contributed by atoms with Crippen LogP contribution in [-0.4, -0.2) is 71.7 Å². The highest BCUT2D eigenvalue weighted by molar-refractivity contribution is 5.89. The third-order valence-electron chi connectivity index (χ3n) is 4.65. The number of ether oxygens (including phenoxy) is 4. The van der Waals surface area contributed by atoms with E-state index in [4.69, 9.17) is 18.9 Å². The third kappa shape index (κ3) is 6.05. The van der Waals surface area contributed by atoms with Crippen LogP contribution in [0.2, 0.25) is 0 Å². The van der Waals surface area contributed by atoms with E-state index >= 15 is 0 Å². The van der Waals surface area contributed by atoms with Crippen LogP contribution in [0.15, 0.2) is 30.3 Å². The van der Waals surface area contributed by atoms with Crippen LogP contribution in [0.4, 0.5) is 10.5 Å². The Morgan fingerprint density at radius 2 is 1.42 bits per heavy atom. The number of anilines is 1. The van der Waals surface area contributed by atoms with Crippen LogP contribution < -0.4 is 23.8 Å². The summed E-state index contributed by atoms with van der Waals surface area (Å²) in [6, 6.07) is 9.08. The van der Waals surface area contributed by atoms with Gasteiger partial charge in [0.15, 0.2) is 11.5 Å². The normalized spacial score (nSPS) is 10.9. The molecule has 0 heterocycles. The van der Waals surface area contributed by atoms with Crippen molar-refractivity contribution in [1.29, 1.82) is 0 Å². The molecule has 0 atom stereocenters. The highest BCUT2D eigenvalue weighted by atomic mass is 16.5. The predicted molar refractivity (Wildman–Crippen MR) is 122 cm³/mol. The largest absolute Gasteiger partial charge is 0.495 e. The number of nitrogens with zero attached hydrogens (tertiary/aromatic N) is 2. The lowest BCUT2D eigenvalue weighted by Crippen LogP contribution is -2.36. The molecule has 1 amide bonds. The van der Waals surface area contributed by atoms with Gasteiger partial charge in [-0.1, -0.05) is 18.2 Å². The lowest BCUT2D eigenvalue weighted by atomic mass is 10.1. The molecule has 0 bridgehead atoms. The zero-order valence-electron chi connectivity index (χ0n) is 18.8. The van der Waals surface area contributed by atoms with Gasteiger partial charge in [-0.25, -0.2) is 4.79 Å². The van der Waals surface area contributed by atoms with Gasteiger partial charge in [0.2, 0.25) is 5.75 Å². The van der Waals surface area contributed by atoms with Crippen molar-refractivity contribution in [2.75, 3.05) is 60.5 Å². The second kappa shape index (κ2) is 11.1. The quantitative estimate of drug-likeness (QED) is 0.572. The van der Waals surface area contributed by atoms with Gasteiger partial charge in [0.05, 0.1) is 34.1 Å². The molecule has 8 heteroatoms. The van der Waals surface area contributed by atoms with Gasteiger partial charge >= 0.3 is 6.09 Å². The molecule has 0 saturated carbocycles. The lowest BCUT2D eigenvalue weighted by Gasteiger charge is -2.23. The maximum atomic E-state index is 11.9. The Bertz CT molecular complexity index is 901. The molecule has 0 aliphatic carbocycles. The first-order chi connectivity index (χ1) is 14.8. The Labute approximate surface area is 183 Å². The van der Waals surface area contributed by atoms with E-state index in [1.807, 2.05) is 49.3 Å². The van der Waals surface area contributed by atoms with Crippen molar-refractivity contribution in [3.63, 3.8) is 0 Å². The minimum Gasteiger partial charge on any atom is -0.495 e. The maximum Gasteiger partial charge on any atom is 0.411 e. The van der Waals surface area contributed by atoms with E-state index in [0.29, 0.717) is 41.8 Å². The number of carbonyl (C=O) groups is 1. The van der Waals surface area contributed by atoms with E-state index in [9.17, 15) is 9.90 Å². The monoisotopic (exact) mass is 430 g/mol. The molecule has 0 aromatic heterocycles. The number of hydrogen-bond donors (Lipinski definition) is 1. The molecule has 2 rings (SSSR count). The Kier molecular flexibility index (Phi) is 8.57. The fourth-order valence-corrected chi connectivity index (χ4v) is 3.03. The van der Waals surface area contributed by atoms with Crippen molar-refractivity contribution >= 4 is 23.9 Å². The molecule has 0 radical (unpaired) electrons. The molecular weight excluding hydrogens is 400 g/mol. The van der Waals surface area contributed by atoms with E-state index in [1.165, 1.54) is 12.0 Å². The molecule has 0 aliphatic rings. The van der Waals surface area contributed by atoms with E-state index in [-0.39, 0.29) is 0 Å². The van der Waals surface area contributed by atoms with E-state index in [2.05, 4.69) is 0 Å². The summed E-state index contributed by atoms with van der Waals surface area (Å²) < 4.78 is 21.5. The summed E-state index contributed by atoms with van der Waals surface area (Å²) in [4.78, 5) is 15.1. The summed E-state index contributed by atoms with van der Waals surface area (Å²) in [7, 11) is 10.0. The number of amides is 1. The Hall–Kier alpha value is -3.39. The molecule has 0 saturated heterocycles. The summed E-state index contributed by atoms with van der Waals surface area (Å²) in [6.07, 6.45) is 2.74. The number of benzene rings is 2. The van der Waals surface area contributed by atoms with E-state index < -0.39 is 6.09 Å². The first kappa shape index (κ1) is 23.9. The molecule has 2 aromatic rings. The van der Waals surface area contributed by atoms with Crippen LogP contribution in [0.5, 0.6) is 23.0 Å². The number of carboxylic acid groups (broad SMARTS) is 1. The summed E-state index contributed by atoms with van der Waals surface area (Å²) in [6.45, 7) is 0.902. The Morgan fingerprint density at radius 3 is 1.90 bits per heavy atom. The van der Waals surface area contributed by atoms with Crippen LogP contribution in [0, 0.1) is 0 Å². The second-order valence-electron chi connectivity index (χ2n) is 6.96. The summed E-state index contributed by atoms with van der Waals surface area (Å²) in [5.41, 5.74) is 2.15. The predicted octanol–water partition coefficient (Wildman–Crippen LogP) is 3.94. The minimum atomic E-state index is -1.04. The number of hydrogen-bond acceptors (Lipinski definition) is 6. The molecule has 0 aliphatic heterocycles. The van der Waals surface area contributed by atoms with Crippen molar-refractivity contribution in [3.8, 4) is 23.0 Å². The standard InChI is InChI=1S/C23H30N2O6/c1-24(2)11-12-25(23(26)27)18-13-16(9-10-19(18)28-3)7-8-17-14-20(29-4)22(31-6)21(15-17)30-5/h7-10,13-15H,11-12H2,1-6H3,(H,26,27). The smallest absolute Gasteiger partial charge is 0.411 e. The average molecular weight is 431 g/mol. The topological polar surface area (TPSA) is 80.7 Å². The first-order valence-corrected chi connectivity index (χ1v) is 9.65. The van der Waals surface area contributed by atoms with Crippen molar-refractivity contribution in [2.45, 2.75) is 0 Å². The van der Waals surface area contributed by atoms with Crippen molar-refractivity contribution in [1.82, 2.24) is 4.90 Å². The highest BCUT2D eigenvalue weighted by Gasteiger charge is 2.19. The van der Waals surface area contributed by atoms with Crippen LogP contribution >= 0.6 is 0 Å². The van der Waals surface area contributed by atoms with Crippen LogP contribution in [0.3, 0.4) is 0 Å². The Morgan fingerprint density at radius 1 is 0.839 bits per heavy atom. The maximum absolute atomic E-state index is 11.9. The summed E-state index contributed by atoms with van der Waals surface area (Å²) in [5.74, 6) is 2.12. The number of likely N-dealkylation sites (N-methyl/N-ethyl adjacent to an activating group) is 1. The Balaban J connectivity index is 2.41. The van der Waals surface area contributed by atoms with Gasteiger partial charge in [0.1, 0.15) is 5.75 Å². The molecule has 1 N–H and O–H groups in total. The minimum absolute atomic E-state index is 0.318. The summed E-state index contributed by atoms with van der Waals surface area (Å²) in [5, 5.41) is 9.72. The van der Waals surface area contributed by atoms with E-state index in [1.54, 1.807) is 33.5 Å². The molecule has 31 heavy (non-hydrogen) atoms. The zero-order chi connectivity index (χ0) is 23.0. The van der Waals surface area contributed by atoms with Crippen LogP contribution in [0.1, 0.15) is 11.1 Å². The lowest BCUT2D eigenvalue weighted by molar-refractivity contribution is 0.200. The van der Waals surface area contributed by atoms with Gasteiger partial charge in [0, 0.05) is 13.1 Å². The second-order valence-corrected chi connectivity index (χ2v) is 6.96. The average Bonchev–Trinajstić information content (AvgIpc) is 2.76. The third-order valence-corrected chi connectivity index (χ3v) is 4.65. The molecule has 8 nitrogen and oxygen atoms in total. The van der Waals surface area contributed by atoms with Crippen LogP contribution in [0.25, 0.3) is 12.2 Å². The molecular formula is C23H30N2O6. The first-order valence-electron chi connectivity index (χ1n) is 9.65. The highest BCUT2D eigenvalue weighted by Crippen LogP contribution is 2.38. The van der Waals surface area contributed by atoms with Gasteiger partial charge in [-0.05, 0) is 49.5 Å². The molecule has 2 aromatic carbocycles. The van der Waals surface area contributed by atoms with Crippen molar-refractivity contribution < 1.29 is 28.8 Å². The molecule has 0 spiro atoms. The summed E-state index contributed by atoms with van der Waals surface area (Å²) >= 11 is 0. The van der Waals surface area contributed by atoms with Gasteiger partial charge in [0.25, 0.3) is 0 Å². The van der Waals surface area contributed by atoms with Crippen LogP contribution in [-0.2, 0) is 0 Å². The molecule has 168 valence electrons. The zero-order valence-corrected chi connectivity index (χ0v) is 18.8.